The van der Waals surface area contributed by atoms with E-state index in [1.165, 1.54) is 30.8 Å². The first-order chi connectivity index (χ1) is 14.3. The van der Waals surface area contributed by atoms with Crippen LogP contribution in [0.2, 0.25) is 0 Å². The minimum Gasteiger partial charge on any atom is -0.494 e. The van der Waals surface area contributed by atoms with E-state index in [0.29, 0.717) is 35.9 Å². The summed E-state index contributed by atoms with van der Waals surface area (Å²) in [6.45, 7) is 3.94. The van der Waals surface area contributed by atoms with E-state index >= 15 is 0 Å². The number of fused-ring (bicyclic) bond motifs is 1. The lowest BCUT2D eigenvalue weighted by atomic mass is 10.2. The number of carbonyl (C=O) groups is 2. The first kappa shape index (κ1) is 22.2. The summed E-state index contributed by atoms with van der Waals surface area (Å²) >= 11 is 1.51. The lowest BCUT2D eigenvalue weighted by Gasteiger charge is -2.15. The van der Waals surface area contributed by atoms with Crippen molar-refractivity contribution in [3.05, 3.63) is 42.5 Å². The van der Waals surface area contributed by atoms with Crippen LogP contribution in [-0.2, 0) is 19.4 Å². The smallest absolute Gasteiger partial charge is 0.225 e. The van der Waals surface area contributed by atoms with Gasteiger partial charge in [0.15, 0.2) is 9.84 Å². The van der Waals surface area contributed by atoms with E-state index in [-0.39, 0.29) is 17.2 Å². The minimum absolute atomic E-state index is 0.0883. The molecule has 0 spiro atoms. The summed E-state index contributed by atoms with van der Waals surface area (Å²) in [7, 11) is -3.74. The molecule has 0 saturated heterocycles. The van der Waals surface area contributed by atoms with Gasteiger partial charge in [0, 0.05) is 29.2 Å². The number of nitrogens with one attached hydrogen (secondary N) is 2. The molecular formula is C21H24N2O5S2. The van der Waals surface area contributed by atoms with Crippen LogP contribution >= 0.6 is 11.8 Å². The second kappa shape index (κ2) is 9.53. The standard InChI is InChI=1S/C21H24N2O5S2/c1-3-28-16-6-4-15(5-7-16)22-21(25)12-14(2)30(26,27)17-8-9-19-18(13-17)23-20(24)10-11-29-19/h4-9,13-14H,3,10-12H2,1-2H3,(H,22,25)(H,23,24)/t14-/m0/s1. The number of sulfone groups is 1. The van der Waals surface area contributed by atoms with Gasteiger partial charge in [0.2, 0.25) is 11.8 Å². The van der Waals surface area contributed by atoms with Crippen molar-refractivity contribution in [2.75, 3.05) is 23.0 Å². The van der Waals surface area contributed by atoms with Gasteiger partial charge in [0.1, 0.15) is 5.75 Å². The van der Waals surface area contributed by atoms with E-state index in [4.69, 9.17) is 4.74 Å². The molecule has 0 saturated carbocycles. The largest absolute Gasteiger partial charge is 0.494 e. The van der Waals surface area contributed by atoms with Gasteiger partial charge in [-0.2, -0.15) is 0 Å². The van der Waals surface area contributed by atoms with E-state index in [1.807, 2.05) is 6.92 Å². The maximum absolute atomic E-state index is 13.0. The summed E-state index contributed by atoms with van der Waals surface area (Å²) in [6.07, 6.45) is 0.192. The Bertz CT molecular complexity index is 1040. The molecule has 0 aliphatic carbocycles. The predicted octanol–water partition coefficient (Wildman–Crippen LogP) is 3.71. The van der Waals surface area contributed by atoms with E-state index in [9.17, 15) is 18.0 Å². The van der Waals surface area contributed by atoms with Crippen molar-refractivity contribution < 1.29 is 22.7 Å². The Morgan fingerprint density at radius 2 is 1.97 bits per heavy atom. The molecule has 160 valence electrons. The fourth-order valence-corrected chi connectivity index (χ4v) is 5.30. The Kier molecular flexibility index (Phi) is 7.04. The zero-order valence-electron chi connectivity index (χ0n) is 16.8. The first-order valence-electron chi connectivity index (χ1n) is 9.63. The van der Waals surface area contributed by atoms with Crippen LogP contribution < -0.4 is 15.4 Å². The van der Waals surface area contributed by atoms with Crippen molar-refractivity contribution >= 4 is 44.8 Å². The van der Waals surface area contributed by atoms with Gasteiger partial charge >= 0.3 is 0 Å². The highest BCUT2D eigenvalue weighted by molar-refractivity contribution is 7.99. The van der Waals surface area contributed by atoms with Crippen molar-refractivity contribution in [3.63, 3.8) is 0 Å². The third-order valence-corrected chi connectivity index (χ3v) is 7.80. The molecule has 2 aromatic carbocycles. The lowest BCUT2D eigenvalue weighted by Crippen LogP contribution is -2.25. The molecule has 1 atom stereocenters. The number of anilines is 2. The monoisotopic (exact) mass is 448 g/mol. The average molecular weight is 449 g/mol. The predicted molar refractivity (Wildman–Crippen MR) is 118 cm³/mol. The molecule has 30 heavy (non-hydrogen) atoms. The molecule has 0 bridgehead atoms. The van der Waals surface area contributed by atoms with E-state index in [2.05, 4.69) is 10.6 Å². The molecule has 1 aliphatic rings. The van der Waals surface area contributed by atoms with Crippen molar-refractivity contribution in [2.24, 2.45) is 0 Å². The fraction of sp³-hybridized carbons (Fsp3) is 0.333. The number of amides is 2. The highest BCUT2D eigenvalue weighted by Gasteiger charge is 2.27. The third-order valence-electron chi connectivity index (χ3n) is 4.59. The number of thioether (sulfide) groups is 1. The van der Waals surface area contributed by atoms with Gasteiger partial charge in [-0.25, -0.2) is 8.42 Å². The zero-order valence-corrected chi connectivity index (χ0v) is 18.4. The van der Waals surface area contributed by atoms with E-state index in [1.54, 1.807) is 30.3 Å². The molecule has 2 aromatic rings. The van der Waals surface area contributed by atoms with Gasteiger partial charge in [-0.3, -0.25) is 9.59 Å². The Hall–Kier alpha value is -2.52. The highest BCUT2D eigenvalue weighted by Crippen LogP contribution is 2.33. The van der Waals surface area contributed by atoms with Crippen LogP contribution in [0, 0.1) is 0 Å². The van der Waals surface area contributed by atoms with Gasteiger partial charge < -0.3 is 15.4 Å². The minimum atomic E-state index is -3.74. The second-order valence-corrected chi connectivity index (χ2v) is 10.4. The zero-order chi connectivity index (χ0) is 21.7. The average Bonchev–Trinajstić information content (AvgIpc) is 2.89. The Morgan fingerprint density at radius 1 is 1.23 bits per heavy atom. The number of benzene rings is 2. The van der Waals surface area contributed by atoms with Crippen molar-refractivity contribution in [3.8, 4) is 5.75 Å². The van der Waals surface area contributed by atoms with Crippen molar-refractivity contribution in [1.29, 1.82) is 0 Å². The van der Waals surface area contributed by atoms with Crippen LogP contribution in [0.15, 0.2) is 52.3 Å². The summed E-state index contributed by atoms with van der Waals surface area (Å²) in [6, 6.07) is 11.6. The molecule has 7 nitrogen and oxygen atoms in total. The molecule has 3 rings (SSSR count). The van der Waals surface area contributed by atoms with Crippen molar-refractivity contribution in [1.82, 2.24) is 0 Å². The molecule has 0 radical (unpaired) electrons. The molecule has 2 amide bonds. The molecular weight excluding hydrogens is 424 g/mol. The van der Waals surface area contributed by atoms with Crippen LogP contribution in [-0.4, -0.2) is 37.8 Å². The quantitative estimate of drug-likeness (QED) is 0.670. The molecule has 0 aromatic heterocycles. The topological polar surface area (TPSA) is 102 Å². The van der Waals surface area contributed by atoms with Crippen LogP contribution in [0.25, 0.3) is 0 Å². The second-order valence-electron chi connectivity index (χ2n) is 6.87. The molecule has 1 heterocycles. The Balaban J connectivity index is 1.68. The van der Waals surface area contributed by atoms with Gasteiger partial charge in [0.05, 0.1) is 22.4 Å². The van der Waals surface area contributed by atoms with Gasteiger partial charge in [-0.05, 0) is 56.3 Å². The molecule has 0 fully saturated rings. The number of rotatable bonds is 7. The Morgan fingerprint density at radius 3 is 2.67 bits per heavy atom. The fourth-order valence-electron chi connectivity index (χ4n) is 2.99. The SMILES string of the molecule is CCOc1ccc(NC(=O)C[C@H](C)S(=O)(=O)c2ccc3c(c2)NC(=O)CCS3)cc1. The summed E-state index contributed by atoms with van der Waals surface area (Å²) in [4.78, 5) is 25.1. The Labute approximate surface area is 180 Å². The van der Waals surface area contributed by atoms with Crippen LogP contribution in [0.3, 0.4) is 0 Å². The maximum atomic E-state index is 13.0. The molecule has 2 N–H and O–H groups in total. The summed E-state index contributed by atoms with van der Waals surface area (Å²) in [5.41, 5.74) is 1.06. The van der Waals surface area contributed by atoms with Gasteiger partial charge in [-0.15, -0.1) is 11.8 Å². The molecule has 0 unspecified atom stereocenters. The van der Waals surface area contributed by atoms with Gasteiger partial charge in [0.25, 0.3) is 0 Å². The summed E-state index contributed by atoms with van der Waals surface area (Å²) < 4.78 is 31.3. The summed E-state index contributed by atoms with van der Waals surface area (Å²) in [5.74, 6) is 0.805. The third kappa shape index (κ3) is 5.34. The number of ether oxygens (including phenoxy) is 1. The van der Waals surface area contributed by atoms with Crippen LogP contribution in [0.5, 0.6) is 5.75 Å². The van der Waals surface area contributed by atoms with Gasteiger partial charge in [-0.1, -0.05) is 0 Å². The highest BCUT2D eigenvalue weighted by atomic mass is 32.2. The first-order valence-corrected chi connectivity index (χ1v) is 12.2. The van der Waals surface area contributed by atoms with E-state index in [0.717, 1.165) is 4.90 Å². The number of carbonyl (C=O) groups excluding carboxylic acids is 2. The van der Waals surface area contributed by atoms with Crippen LogP contribution in [0.1, 0.15) is 26.7 Å². The maximum Gasteiger partial charge on any atom is 0.225 e. The van der Waals surface area contributed by atoms with Crippen LogP contribution in [0.4, 0.5) is 11.4 Å². The normalized spacial score (nSPS) is 14.8. The van der Waals surface area contributed by atoms with Crippen molar-refractivity contribution in [2.45, 2.75) is 41.7 Å². The summed E-state index contributed by atoms with van der Waals surface area (Å²) in [5, 5.41) is 4.53. The lowest BCUT2D eigenvalue weighted by molar-refractivity contribution is -0.116. The molecule has 9 heteroatoms. The molecule has 1 aliphatic heterocycles. The van der Waals surface area contributed by atoms with E-state index < -0.39 is 21.0 Å². The number of hydrogen-bond acceptors (Lipinski definition) is 6. The number of hydrogen-bond donors (Lipinski definition) is 2.